The predicted molar refractivity (Wildman–Crippen MR) is 76.9 cm³/mol. The summed E-state index contributed by atoms with van der Waals surface area (Å²) in [6.07, 6.45) is 3.33. The van der Waals surface area contributed by atoms with Crippen LogP contribution in [0, 0.1) is 5.92 Å². The second-order valence-corrected chi connectivity index (χ2v) is 6.16. The molecule has 1 aromatic heterocycles. The third kappa shape index (κ3) is 3.40. The number of rotatable bonds is 7. The maximum atomic E-state index is 11.5. The SMILES string of the molecule is CCCc1cc(=O)[nH]c(SCC(N)(C(=O)O)C2CC2)n1. The Balaban J connectivity index is 2.10. The summed E-state index contributed by atoms with van der Waals surface area (Å²) in [4.78, 5) is 29.8. The van der Waals surface area contributed by atoms with Gasteiger partial charge in [0.15, 0.2) is 5.16 Å². The van der Waals surface area contributed by atoms with Crippen LogP contribution >= 0.6 is 11.8 Å². The summed E-state index contributed by atoms with van der Waals surface area (Å²) in [5.74, 6) is -0.747. The van der Waals surface area contributed by atoms with Crippen LogP contribution in [-0.4, -0.2) is 32.3 Å². The number of hydrogen-bond donors (Lipinski definition) is 3. The van der Waals surface area contributed by atoms with E-state index in [0.717, 1.165) is 31.4 Å². The van der Waals surface area contributed by atoms with E-state index in [0.29, 0.717) is 5.16 Å². The summed E-state index contributed by atoms with van der Waals surface area (Å²) in [7, 11) is 0. The molecule has 20 heavy (non-hydrogen) atoms. The van der Waals surface area contributed by atoms with Crippen molar-refractivity contribution in [2.75, 3.05) is 5.75 Å². The minimum atomic E-state index is -1.23. The first-order valence-electron chi connectivity index (χ1n) is 6.71. The molecule has 2 rings (SSSR count). The van der Waals surface area contributed by atoms with Crippen molar-refractivity contribution in [1.29, 1.82) is 0 Å². The normalized spacial score (nSPS) is 17.7. The summed E-state index contributed by atoms with van der Waals surface area (Å²) in [5.41, 5.74) is 5.27. The van der Waals surface area contributed by atoms with Gasteiger partial charge in [-0.05, 0) is 25.2 Å². The Morgan fingerprint density at radius 3 is 2.90 bits per heavy atom. The highest BCUT2D eigenvalue weighted by Crippen LogP contribution is 2.40. The molecule has 1 unspecified atom stereocenters. The van der Waals surface area contributed by atoms with Crippen LogP contribution in [0.2, 0.25) is 0 Å². The lowest BCUT2D eigenvalue weighted by molar-refractivity contribution is -0.143. The van der Waals surface area contributed by atoms with Crippen LogP contribution in [0.15, 0.2) is 16.0 Å². The Morgan fingerprint density at radius 1 is 1.65 bits per heavy atom. The zero-order valence-electron chi connectivity index (χ0n) is 11.4. The molecular weight excluding hydrogens is 278 g/mol. The number of nitrogens with zero attached hydrogens (tertiary/aromatic N) is 1. The molecule has 6 nitrogen and oxygen atoms in total. The van der Waals surface area contributed by atoms with Gasteiger partial charge in [-0.25, -0.2) is 4.98 Å². The Labute approximate surface area is 121 Å². The third-order valence-electron chi connectivity index (χ3n) is 3.43. The van der Waals surface area contributed by atoms with Crippen LogP contribution in [0.25, 0.3) is 0 Å². The van der Waals surface area contributed by atoms with Gasteiger partial charge in [-0.15, -0.1) is 0 Å². The number of carboxylic acid groups (broad SMARTS) is 1. The molecule has 7 heteroatoms. The summed E-state index contributed by atoms with van der Waals surface area (Å²) < 4.78 is 0. The van der Waals surface area contributed by atoms with Gasteiger partial charge in [0.1, 0.15) is 5.54 Å². The van der Waals surface area contributed by atoms with Gasteiger partial charge in [-0.1, -0.05) is 25.1 Å². The number of carboxylic acids is 1. The monoisotopic (exact) mass is 297 g/mol. The molecule has 0 bridgehead atoms. The Bertz CT molecular complexity index is 556. The zero-order valence-corrected chi connectivity index (χ0v) is 12.2. The number of aryl methyl sites for hydroxylation is 1. The highest BCUT2D eigenvalue weighted by atomic mass is 32.2. The van der Waals surface area contributed by atoms with E-state index in [2.05, 4.69) is 9.97 Å². The first kappa shape index (κ1) is 15.1. The molecular formula is C13H19N3O3S. The molecule has 1 aromatic rings. The molecule has 0 aliphatic heterocycles. The summed E-state index contributed by atoms with van der Waals surface area (Å²) in [6.45, 7) is 2.01. The topological polar surface area (TPSA) is 109 Å². The number of hydrogen-bond acceptors (Lipinski definition) is 5. The molecule has 0 amide bonds. The van der Waals surface area contributed by atoms with Gasteiger partial charge in [-0.3, -0.25) is 9.59 Å². The first-order valence-corrected chi connectivity index (χ1v) is 7.69. The maximum absolute atomic E-state index is 11.5. The Kier molecular flexibility index (Phi) is 4.49. The first-order chi connectivity index (χ1) is 9.45. The fourth-order valence-corrected chi connectivity index (χ4v) is 3.17. The van der Waals surface area contributed by atoms with E-state index in [1.807, 2.05) is 6.92 Å². The summed E-state index contributed by atoms with van der Waals surface area (Å²) in [6, 6.07) is 1.47. The molecule has 1 heterocycles. The van der Waals surface area contributed by atoms with Gasteiger partial charge in [0.05, 0.1) is 0 Å². The van der Waals surface area contributed by atoms with E-state index in [4.69, 9.17) is 5.73 Å². The molecule has 1 atom stereocenters. The zero-order chi connectivity index (χ0) is 14.8. The average molecular weight is 297 g/mol. The number of nitrogens with two attached hydrogens (primary N) is 1. The van der Waals surface area contributed by atoms with Crippen molar-refractivity contribution in [2.45, 2.75) is 43.3 Å². The lowest BCUT2D eigenvalue weighted by Gasteiger charge is -2.23. The van der Waals surface area contributed by atoms with E-state index < -0.39 is 11.5 Å². The van der Waals surface area contributed by atoms with Gasteiger partial charge in [0.25, 0.3) is 5.56 Å². The van der Waals surface area contributed by atoms with Crippen molar-refractivity contribution in [3.8, 4) is 0 Å². The lowest BCUT2D eigenvalue weighted by atomic mass is 9.98. The van der Waals surface area contributed by atoms with Crippen LogP contribution < -0.4 is 11.3 Å². The number of aromatic amines is 1. The highest BCUT2D eigenvalue weighted by Gasteiger charge is 2.48. The van der Waals surface area contributed by atoms with Gasteiger partial charge < -0.3 is 15.8 Å². The van der Waals surface area contributed by atoms with E-state index in [1.54, 1.807) is 0 Å². The van der Waals surface area contributed by atoms with Gasteiger partial charge >= 0.3 is 5.97 Å². The minimum Gasteiger partial charge on any atom is -0.480 e. The number of H-pyrrole nitrogens is 1. The fraction of sp³-hybridized carbons (Fsp3) is 0.615. The van der Waals surface area contributed by atoms with Crippen molar-refractivity contribution in [3.05, 3.63) is 22.1 Å². The summed E-state index contributed by atoms with van der Waals surface area (Å²) >= 11 is 1.21. The molecule has 1 aliphatic rings. The molecule has 1 saturated carbocycles. The molecule has 1 aliphatic carbocycles. The quantitative estimate of drug-likeness (QED) is 0.512. The van der Waals surface area contributed by atoms with Crippen LogP contribution in [0.3, 0.4) is 0 Å². The van der Waals surface area contributed by atoms with Crippen LogP contribution in [-0.2, 0) is 11.2 Å². The predicted octanol–water partition coefficient (Wildman–Crippen LogP) is 1.01. The largest absolute Gasteiger partial charge is 0.480 e. The standard InChI is InChI=1S/C13H19N3O3S/c1-2-3-9-6-10(17)16-12(15-9)20-7-13(14,11(18)19)8-4-5-8/h6,8H,2-5,7,14H2,1H3,(H,18,19)(H,15,16,17). The van der Waals surface area contributed by atoms with E-state index in [1.165, 1.54) is 17.8 Å². The summed E-state index contributed by atoms with van der Waals surface area (Å²) in [5, 5.41) is 9.73. The smallest absolute Gasteiger partial charge is 0.324 e. The van der Waals surface area contributed by atoms with Crippen LogP contribution in [0.4, 0.5) is 0 Å². The molecule has 0 saturated heterocycles. The molecule has 4 N–H and O–H groups in total. The number of nitrogens with one attached hydrogen (secondary N) is 1. The molecule has 0 aromatic carbocycles. The van der Waals surface area contributed by atoms with Crippen molar-refractivity contribution >= 4 is 17.7 Å². The van der Waals surface area contributed by atoms with E-state index in [-0.39, 0.29) is 17.2 Å². The molecule has 0 spiro atoms. The second kappa shape index (κ2) is 5.97. The van der Waals surface area contributed by atoms with E-state index >= 15 is 0 Å². The van der Waals surface area contributed by atoms with E-state index in [9.17, 15) is 14.7 Å². The van der Waals surface area contributed by atoms with Gasteiger partial charge in [0, 0.05) is 17.5 Å². The minimum absolute atomic E-state index is 0.0260. The van der Waals surface area contributed by atoms with Crippen LogP contribution in [0.1, 0.15) is 31.9 Å². The lowest BCUT2D eigenvalue weighted by Crippen LogP contribution is -2.52. The maximum Gasteiger partial charge on any atom is 0.324 e. The molecule has 110 valence electrons. The Morgan fingerprint density at radius 2 is 2.35 bits per heavy atom. The number of thioether (sulfide) groups is 1. The number of carbonyl (C=O) groups is 1. The van der Waals surface area contributed by atoms with Gasteiger partial charge in [0.2, 0.25) is 0 Å². The van der Waals surface area contributed by atoms with Crippen molar-refractivity contribution in [1.82, 2.24) is 9.97 Å². The van der Waals surface area contributed by atoms with Crippen molar-refractivity contribution < 1.29 is 9.90 Å². The van der Waals surface area contributed by atoms with Crippen LogP contribution in [0.5, 0.6) is 0 Å². The molecule has 0 radical (unpaired) electrons. The average Bonchev–Trinajstić information content (AvgIpc) is 3.20. The number of aromatic nitrogens is 2. The van der Waals surface area contributed by atoms with Crippen molar-refractivity contribution in [2.24, 2.45) is 11.7 Å². The van der Waals surface area contributed by atoms with Crippen molar-refractivity contribution in [3.63, 3.8) is 0 Å². The fourth-order valence-electron chi connectivity index (χ4n) is 2.08. The third-order valence-corrected chi connectivity index (χ3v) is 4.52. The number of aliphatic carboxylic acids is 1. The Hall–Kier alpha value is -1.34. The molecule has 1 fully saturated rings. The second-order valence-electron chi connectivity index (χ2n) is 5.20. The van der Waals surface area contributed by atoms with Gasteiger partial charge in [-0.2, -0.15) is 0 Å². The highest BCUT2D eigenvalue weighted by molar-refractivity contribution is 7.99.